The first-order valence-corrected chi connectivity index (χ1v) is 16.1. The highest BCUT2D eigenvalue weighted by Gasteiger charge is 2.26. The Morgan fingerprint density at radius 3 is 1.70 bits per heavy atom. The van der Waals surface area contributed by atoms with Crippen LogP contribution in [0.1, 0.15) is 46.5 Å². The summed E-state index contributed by atoms with van der Waals surface area (Å²) < 4.78 is 0. The fourth-order valence-electron chi connectivity index (χ4n) is 4.74. The molecule has 0 aromatic carbocycles. The summed E-state index contributed by atoms with van der Waals surface area (Å²) in [4.78, 5) is 33.9. The maximum absolute atomic E-state index is 10.9. The van der Waals surface area contributed by atoms with Crippen molar-refractivity contribution in [3.05, 3.63) is 62.0 Å². The third kappa shape index (κ3) is 15.6. The summed E-state index contributed by atoms with van der Waals surface area (Å²) in [5.74, 6) is 0.322. The Balaban J connectivity index is 0.000000334. The molecule has 256 valence electrons. The lowest BCUT2D eigenvalue weighted by atomic mass is 9.82. The second-order valence-electron chi connectivity index (χ2n) is 10.9. The van der Waals surface area contributed by atoms with E-state index in [0.29, 0.717) is 11.9 Å². The molecule has 4 heterocycles. The lowest BCUT2D eigenvalue weighted by Crippen LogP contribution is -2.46. The van der Waals surface area contributed by atoms with Crippen molar-refractivity contribution in [1.82, 2.24) is 24.5 Å². The van der Waals surface area contributed by atoms with Gasteiger partial charge in [0.1, 0.15) is 0 Å². The van der Waals surface area contributed by atoms with E-state index in [4.69, 9.17) is 22.4 Å². The van der Waals surface area contributed by atoms with Crippen LogP contribution >= 0.6 is 11.6 Å². The van der Waals surface area contributed by atoms with Crippen molar-refractivity contribution in [3.63, 3.8) is 0 Å². The third-order valence-corrected chi connectivity index (χ3v) is 8.05. The van der Waals surface area contributed by atoms with Gasteiger partial charge in [-0.3, -0.25) is 20.2 Å². The molecule has 4 rings (SSSR count). The Morgan fingerprint density at radius 1 is 0.891 bits per heavy atom. The number of anilines is 1. The Labute approximate surface area is 278 Å². The van der Waals surface area contributed by atoms with Crippen LogP contribution in [-0.2, 0) is 0 Å². The predicted octanol–water partition coefficient (Wildman–Crippen LogP) is 3.49. The van der Waals surface area contributed by atoms with Crippen molar-refractivity contribution in [2.45, 2.75) is 72.2 Å². The highest BCUT2D eigenvalue weighted by Crippen LogP contribution is 2.24. The number of rotatable bonds is 9. The predicted molar refractivity (Wildman–Crippen MR) is 185 cm³/mol. The van der Waals surface area contributed by atoms with E-state index in [9.17, 15) is 25.3 Å². The summed E-state index contributed by atoms with van der Waals surface area (Å²) >= 11 is 5.37. The maximum Gasteiger partial charge on any atom is 0.376 e. The fraction of sp³-hybridized carbons (Fsp3) is 0.643. The number of pyridine rings is 2. The zero-order chi connectivity index (χ0) is 34.6. The standard InChI is InChI=1S/C11H17BN4O3.C6H15BN2O.C6H15N.C5H3ClN2O2/c1-12(17)15-7-4-9(5-8-15)14-11-10(16(18)19)3-2-6-13-11;1-7(10)9-4-2-6(8)3-5-9;1-4-7(5-2)6-3;6-5-4(8(9)10)2-1-3-7-5/h2-3,6,9,17H,4-5,7-8H2,1H3,(H,13,14);6,10H,2-5,8H2,1H3;4-6H2,1-3H3;1-3H. The zero-order valence-corrected chi connectivity index (χ0v) is 28.4. The van der Waals surface area contributed by atoms with Crippen LogP contribution in [0.4, 0.5) is 17.2 Å². The summed E-state index contributed by atoms with van der Waals surface area (Å²) in [6.45, 7) is 17.1. The summed E-state index contributed by atoms with van der Waals surface area (Å²) in [5.41, 5.74) is 5.53. The molecule has 0 saturated carbocycles. The van der Waals surface area contributed by atoms with Crippen LogP contribution in [0.5, 0.6) is 0 Å². The molecule has 18 heteroatoms. The van der Waals surface area contributed by atoms with Gasteiger partial charge in [0.05, 0.1) is 9.85 Å². The monoisotopic (exact) mass is 665 g/mol. The van der Waals surface area contributed by atoms with E-state index < -0.39 is 16.9 Å². The van der Waals surface area contributed by atoms with Gasteiger partial charge in [-0.2, -0.15) is 0 Å². The van der Waals surface area contributed by atoms with Gasteiger partial charge < -0.3 is 35.6 Å². The van der Waals surface area contributed by atoms with Gasteiger partial charge in [-0.15, -0.1) is 0 Å². The lowest BCUT2D eigenvalue weighted by Gasteiger charge is -2.33. The molecular formula is C28H50B2ClN9O6. The number of nitrogens with one attached hydrogen (secondary N) is 1. The molecule has 46 heavy (non-hydrogen) atoms. The van der Waals surface area contributed by atoms with E-state index in [1.54, 1.807) is 25.9 Å². The summed E-state index contributed by atoms with van der Waals surface area (Å²) in [7, 11) is -0.738. The quantitative estimate of drug-likeness (QED) is 0.131. The van der Waals surface area contributed by atoms with Crippen molar-refractivity contribution in [2.75, 3.05) is 51.1 Å². The number of hydrogen-bond donors (Lipinski definition) is 4. The highest BCUT2D eigenvalue weighted by atomic mass is 35.5. The van der Waals surface area contributed by atoms with Crippen LogP contribution in [-0.4, -0.2) is 116 Å². The minimum atomic E-state index is -0.574. The van der Waals surface area contributed by atoms with Crippen molar-refractivity contribution in [1.29, 1.82) is 0 Å². The number of nitrogens with zero attached hydrogens (tertiary/aromatic N) is 7. The van der Waals surface area contributed by atoms with Gasteiger partial charge in [-0.05, 0) is 97.3 Å². The zero-order valence-electron chi connectivity index (χ0n) is 27.7. The van der Waals surface area contributed by atoms with Crippen molar-refractivity contribution < 1.29 is 19.9 Å². The molecule has 2 fully saturated rings. The van der Waals surface area contributed by atoms with Crippen LogP contribution in [0.25, 0.3) is 0 Å². The van der Waals surface area contributed by atoms with Gasteiger partial charge in [-0.1, -0.05) is 32.4 Å². The van der Waals surface area contributed by atoms with E-state index in [0.717, 1.165) is 51.9 Å². The Hall–Kier alpha value is -2.92. The van der Waals surface area contributed by atoms with Crippen LogP contribution in [0.15, 0.2) is 36.7 Å². The molecular weight excluding hydrogens is 615 g/mol. The first kappa shape index (κ1) is 41.1. The van der Waals surface area contributed by atoms with Crippen molar-refractivity contribution >= 4 is 42.9 Å². The van der Waals surface area contributed by atoms with Crippen molar-refractivity contribution in [2.24, 2.45) is 5.73 Å². The molecule has 0 aliphatic carbocycles. The van der Waals surface area contributed by atoms with Crippen LogP contribution in [0, 0.1) is 20.2 Å². The molecule has 15 nitrogen and oxygen atoms in total. The van der Waals surface area contributed by atoms with Gasteiger partial charge in [0, 0.05) is 36.6 Å². The van der Waals surface area contributed by atoms with Gasteiger partial charge in [0.2, 0.25) is 11.0 Å². The smallest absolute Gasteiger partial charge is 0.376 e. The first-order valence-electron chi connectivity index (χ1n) is 15.8. The summed E-state index contributed by atoms with van der Waals surface area (Å²) in [6.07, 6.45) is 6.64. The number of piperidine rings is 2. The Bertz CT molecular complexity index is 1150. The average molecular weight is 666 g/mol. The summed E-state index contributed by atoms with van der Waals surface area (Å²) in [5, 5.41) is 42.7. The number of aromatic nitrogens is 2. The van der Waals surface area contributed by atoms with Gasteiger partial charge in [0.15, 0.2) is 0 Å². The van der Waals surface area contributed by atoms with E-state index in [2.05, 4.69) is 41.0 Å². The lowest BCUT2D eigenvalue weighted by molar-refractivity contribution is -0.385. The molecule has 2 aliphatic heterocycles. The molecule has 0 atom stereocenters. The molecule has 0 unspecified atom stereocenters. The number of nitro groups is 2. The molecule has 5 N–H and O–H groups in total. The first-order chi connectivity index (χ1) is 21.8. The van der Waals surface area contributed by atoms with E-state index in [1.165, 1.54) is 44.0 Å². The highest BCUT2D eigenvalue weighted by molar-refractivity contribution is 6.45. The van der Waals surface area contributed by atoms with E-state index >= 15 is 0 Å². The minimum Gasteiger partial charge on any atom is -0.437 e. The largest absolute Gasteiger partial charge is 0.437 e. The fourth-order valence-corrected chi connectivity index (χ4v) is 4.93. The Kier molecular flexibility index (Phi) is 20.2. The summed E-state index contributed by atoms with van der Waals surface area (Å²) in [6, 6.07) is 6.28. The van der Waals surface area contributed by atoms with Gasteiger partial charge in [-0.25, -0.2) is 9.97 Å². The van der Waals surface area contributed by atoms with Crippen LogP contribution in [0.2, 0.25) is 18.8 Å². The molecule has 2 aromatic heterocycles. The van der Waals surface area contributed by atoms with Crippen LogP contribution < -0.4 is 11.1 Å². The second kappa shape index (κ2) is 22.6. The third-order valence-electron chi connectivity index (χ3n) is 7.76. The molecule has 2 saturated heterocycles. The van der Waals surface area contributed by atoms with E-state index in [1.807, 2.05) is 9.62 Å². The molecule has 0 spiro atoms. The number of nitrogens with two attached hydrogens (primary N) is 1. The SMILES string of the molecule is CB(O)N1CCC(N)CC1.CB(O)N1CCC(Nc2ncccc2[N+](=O)[O-])CC1.CCN(CC)CC.O=[N+]([O-])c1cccnc1Cl. The molecule has 0 bridgehead atoms. The van der Waals surface area contributed by atoms with Crippen LogP contribution in [0.3, 0.4) is 0 Å². The molecule has 0 radical (unpaired) electrons. The van der Waals surface area contributed by atoms with Crippen molar-refractivity contribution in [3.8, 4) is 0 Å². The molecule has 2 aliphatic rings. The van der Waals surface area contributed by atoms with Gasteiger partial charge in [0.25, 0.3) is 0 Å². The molecule has 0 amide bonds. The Morgan fingerprint density at radius 2 is 1.33 bits per heavy atom. The molecule has 2 aromatic rings. The normalized spacial score (nSPS) is 15.7. The van der Waals surface area contributed by atoms with Gasteiger partial charge >= 0.3 is 25.5 Å². The number of hydrogen-bond acceptors (Lipinski definition) is 13. The number of halogens is 1. The van der Waals surface area contributed by atoms with E-state index in [-0.39, 0.29) is 29.6 Å². The maximum atomic E-state index is 10.9. The minimum absolute atomic E-state index is 0.000422. The average Bonchev–Trinajstić information content (AvgIpc) is 3.03. The second-order valence-corrected chi connectivity index (χ2v) is 11.3. The topological polar surface area (TPSA) is 200 Å².